The van der Waals surface area contributed by atoms with Crippen LogP contribution in [0.4, 0.5) is 5.82 Å². The first-order valence-corrected chi connectivity index (χ1v) is 8.82. The highest BCUT2D eigenvalue weighted by atomic mass is 35.5. The second-order valence-electron chi connectivity index (χ2n) is 6.43. The lowest BCUT2D eigenvalue weighted by Crippen LogP contribution is -2.22. The zero-order chi connectivity index (χ0) is 16.5. The van der Waals surface area contributed by atoms with Crippen LogP contribution in [0.1, 0.15) is 37.7 Å². The average molecular weight is 342 g/mol. The van der Waals surface area contributed by atoms with Gasteiger partial charge in [-0.05, 0) is 37.5 Å². The van der Waals surface area contributed by atoms with Crippen LogP contribution in [0.5, 0.6) is 0 Å². The number of aryl methyl sites for hydroxylation is 1. The normalized spacial score (nSPS) is 15.8. The van der Waals surface area contributed by atoms with Crippen LogP contribution in [-0.4, -0.2) is 25.8 Å². The summed E-state index contributed by atoms with van der Waals surface area (Å²) in [5.74, 6) is 0.872. The van der Waals surface area contributed by atoms with Crippen molar-refractivity contribution in [2.24, 2.45) is 0 Å². The molecule has 0 bridgehead atoms. The van der Waals surface area contributed by atoms with Crippen LogP contribution < -0.4 is 5.32 Å². The van der Waals surface area contributed by atoms with Crippen molar-refractivity contribution in [3.63, 3.8) is 0 Å². The van der Waals surface area contributed by atoms with Gasteiger partial charge in [0.2, 0.25) is 0 Å². The molecular formula is C18H20ClN5. The molecule has 24 heavy (non-hydrogen) atoms. The molecule has 1 aromatic carbocycles. The molecule has 1 saturated carbocycles. The van der Waals surface area contributed by atoms with E-state index in [9.17, 15) is 0 Å². The summed E-state index contributed by atoms with van der Waals surface area (Å²) in [7, 11) is 0. The molecule has 0 amide bonds. The highest BCUT2D eigenvalue weighted by molar-refractivity contribution is 6.31. The van der Waals surface area contributed by atoms with E-state index in [1.165, 1.54) is 32.1 Å². The smallest absolute Gasteiger partial charge is 0.168 e. The number of fused-ring (bicyclic) bond motifs is 1. The van der Waals surface area contributed by atoms with E-state index in [1.54, 1.807) is 6.33 Å². The Labute approximate surface area is 146 Å². The Morgan fingerprint density at radius 1 is 1.17 bits per heavy atom. The number of anilines is 1. The first kappa shape index (κ1) is 15.4. The number of hydrogen-bond acceptors (Lipinski definition) is 4. The van der Waals surface area contributed by atoms with Crippen molar-refractivity contribution in [3.8, 4) is 5.69 Å². The van der Waals surface area contributed by atoms with Crippen molar-refractivity contribution in [1.82, 2.24) is 19.7 Å². The van der Waals surface area contributed by atoms with E-state index >= 15 is 0 Å². The number of nitrogens with one attached hydrogen (secondary N) is 1. The Morgan fingerprint density at radius 2 is 2.00 bits per heavy atom. The van der Waals surface area contributed by atoms with Crippen LogP contribution in [0.15, 0.2) is 30.7 Å². The quantitative estimate of drug-likeness (QED) is 0.760. The molecule has 0 atom stereocenters. The number of aromatic nitrogens is 4. The Bertz CT molecular complexity index is 867. The van der Waals surface area contributed by atoms with Gasteiger partial charge in [-0.1, -0.05) is 36.9 Å². The van der Waals surface area contributed by atoms with Gasteiger partial charge in [-0.3, -0.25) is 0 Å². The summed E-state index contributed by atoms with van der Waals surface area (Å²) in [4.78, 5) is 8.87. The molecule has 0 radical (unpaired) electrons. The Kier molecular flexibility index (Phi) is 4.10. The third-order valence-electron chi connectivity index (χ3n) is 4.71. The summed E-state index contributed by atoms with van der Waals surface area (Å²) < 4.78 is 1.81. The van der Waals surface area contributed by atoms with E-state index in [0.29, 0.717) is 6.04 Å². The van der Waals surface area contributed by atoms with Gasteiger partial charge in [0.25, 0.3) is 0 Å². The van der Waals surface area contributed by atoms with Crippen molar-refractivity contribution >= 4 is 28.5 Å². The second kappa shape index (κ2) is 6.40. The summed E-state index contributed by atoms with van der Waals surface area (Å²) in [6, 6.07) is 6.41. The monoisotopic (exact) mass is 341 g/mol. The molecule has 6 heteroatoms. The van der Waals surface area contributed by atoms with Crippen LogP contribution in [0, 0.1) is 6.92 Å². The van der Waals surface area contributed by atoms with Gasteiger partial charge in [0.05, 0.1) is 17.3 Å². The van der Waals surface area contributed by atoms with Gasteiger partial charge in [-0.15, -0.1) is 0 Å². The summed E-state index contributed by atoms with van der Waals surface area (Å²) in [6.07, 6.45) is 9.74. The van der Waals surface area contributed by atoms with Crippen molar-refractivity contribution < 1.29 is 0 Å². The summed E-state index contributed by atoms with van der Waals surface area (Å²) in [6.45, 7) is 1.99. The van der Waals surface area contributed by atoms with Crippen LogP contribution in [0.2, 0.25) is 5.02 Å². The highest BCUT2D eigenvalue weighted by Gasteiger charge is 2.17. The number of halogens is 1. The van der Waals surface area contributed by atoms with Crippen LogP contribution >= 0.6 is 11.6 Å². The molecule has 1 aliphatic carbocycles. The molecule has 1 fully saturated rings. The fourth-order valence-corrected chi connectivity index (χ4v) is 3.48. The Hall–Kier alpha value is -2.14. The Balaban J connectivity index is 1.71. The predicted octanol–water partition coefficient (Wildman–Crippen LogP) is 4.52. The molecule has 5 nitrogen and oxygen atoms in total. The highest BCUT2D eigenvalue weighted by Crippen LogP contribution is 2.27. The summed E-state index contributed by atoms with van der Waals surface area (Å²) in [5.41, 5.74) is 2.75. The van der Waals surface area contributed by atoms with E-state index in [0.717, 1.165) is 33.1 Å². The number of hydrogen-bond donors (Lipinski definition) is 1. The molecule has 2 heterocycles. The van der Waals surface area contributed by atoms with Gasteiger partial charge in [0.1, 0.15) is 12.1 Å². The topological polar surface area (TPSA) is 55.6 Å². The lowest BCUT2D eigenvalue weighted by molar-refractivity contribution is 0.462. The van der Waals surface area contributed by atoms with E-state index in [-0.39, 0.29) is 0 Å². The molecule has 124 valence electrons. The zero-order valence-electron chi connectivity index (χ0n) is 13.7. The maximum Gasteiger partial charge on any atom is 0.168 e. The van der Waals surface area contributed by atoms with E-state index in [4.69, 9.17) is 11.6 Å². The van der Waals surface area contributed by atoms with Crippen LogP contribution in [0.25, 0.3) is 16.7 Å². The second-order valence-corrected chi connectivity index (χ2v) is 6.84. The molecule has 3 aromatic rings. The number of nitrogens with zero attached hydrogens (tertiary/aromatic N) is 4. The average Bonchev–Trinajstić information content (AvgIpc) is 3.03. The molecule has 1 N–H and O–H groups in total. The fraction of sp³-hybridized carbons (Fsp3) is 0.389. The Morgan fingerprint density at radius 3 is 2.79 bits per heavy atom. The molecule has 0 spiro atoms. The van der Waals surface area contributed by atoms with Crippen LogP contribution in [-0.2, 0) is 0 Å². The maximum absolute atomic E-state index is 6.26. The lowest BCUT2D eigenvalue weighted by atomic mass is 9.95. The van der Waals surface area contributed by atoms with Crippen LogP contribution in [0.3, 0.4) is 0 Å². The SMILES string of the molecule is Cc1ccc(-n2ncc3c(NC4CCCCC4)ncnc32)cc1Cl. The minimum Gasteiger partial charge on any atom is -0.367 e. The van der Waals surface area contributed by atoms with Crippen molar-refractivity contribution in [1.29, 1.82) is 0 Å². The van der Waals surface area contributed by atoms with Gasteiger partial charge in [-0.25, -0.2) is 14.6 Å². The van der Waals surface area contributed by atoms with Crippen molar-refractivity contribution in [2.45, 2.75) is 45.1 Å². The minimum absolute atomic E-state index is 0.494. The number of rotatable bonds is 3. The van der Waals surface area contributed by atoms with Gasteiger partial charge in [0, 0.05) is 11.1 Å². The fourth-order valence-electron chi connectivity index (χ4n) is 3.30. The van der Waals surface area contributed by atoms with Gasteiger partial charge < -0.3 is 5.32 Å². The first-order chi connectivity index (χ1) is 11.7. The molecular weight excluding hydrogens is 322 g/mol. The first-order valence-electron chi connectivity index (χ1n) is 8.44. The predicted molar refractivity (Wildman–Crippen MR) is 96.9 cm³/mol. The van der Waals surface area contributed by atoms with Gasteiger partial charge in [0.15, 0.2) is 5.65 Å². The standard InChI is InChI=1S/C18H20ClN5/c1-12-7-8-14(9-16(12)19)24-18-15(10-22-24)17(20-11-21-18)23-13-5-3-2-4-6-13/h7-11,13H,2-6H2,1H3,(H,20,21,23). The van der Waals surface area contributed by atoms with Crippen molar-refractivity contribution in [2.75, 3.05) is 5.32 Å². The summed E-state index contributed by atoms with van der Waals surface area (Å²) in [5, 5.41) is 9.76. The van der Waals surface area contributed by atoms with Gasteiger partial charge in [-0.2, -0.15) is 5.10 Å². The largest absolute Gasteiger partial charge is 0.367 e. The molecule has 1 aliphatic rings. The lowest BCUT2D eigenvalue weighted by Gasteiger charge is -2.23. The third kappa shape index (κ3) is 2.84. The van der Waals surface area contributed by atoms with E-state index in [2.05, 4.69) is 20.4 Å². The molecule has 4 rings (SSSR count). The summed E-state index contributed by atoms with van der Waals surface area (Å²) >= 11 is 6.26. The third-order valence-corrected chi connectivity index (χ3v) is 5.12. The molecule has 0 unspecified atom stereocenters. The number of benzene rings is 1. The van der Waals surface area contributed by atoms with Gasteiger partial charge >= 0.3 is 0 Å². The zero-order valence-corrected chi connectivity index (χ0v) is 14.4. The minimum atomic E-state index is 0.494. The van der Waals surface area contributed by atoms with E-state index in [1.807, 2.05) is 36.0 Å². The molecule has 0 saturated heterocycles. The molecule has 0 aliphatic heterocycles. The van der Waals surface area contributed by atoms with Crippen molar-refractivity contribution in [3.05, 3.63) is 41.3 Å². The van der Waals surface area contributed by atoms with E-state index < -0.39 is 0 Å². The molecule has 2 aromatic heterocycles. The maximum atomic E-state index is 6.26.